The lowest BCUT2D eigenvalue weighted by atomic mass is 10.3. The number of aromatic nitrogens is 2. The number of hydrogen-bond acceptors (Lipinski definition) is 3. The van der Waals surface area contributed by atoms with Crippen LogP contribution in [-0.4, -0.2) is 15.8 Å². The fraction of sp³-hybridized carbons (Fsp3) is 0.0909. The lowest BCUT2D eigenvalue weighted by Gasteiger charge is -2.04. The Morgan fingerprint density at radius 1 is 1.24 bits per heavy atom. The molecule has 1 heterocycles. The Bertz CT molecular complexity index is 615. The summed E-state index contributed by atoms with van der Waals surface area (Å²) in [5.74, 6) is 0. The van der Waals surface area contributed by atoms with E-state index in [-0.39, 0.29) is 5.15 Å². The Morgan fingerprint density at radius 2 is 1.88 bits per heavy atom. The maximum absolute atomic E-state index is 11.7. The highest BCUT2D eigenvalue weighted by Crippen LogP contribution is 2.15. The van der Waals surface area contributed by atoms with Crippen LogP contribution < -0.4 is 11.2 Å². The number of nitrogens with one attached hydrogen (secondary N) is 1. The molecule has 0 aliphatic heterocycles. The third kappa shape index (κ3) is 2.45. The van der Waals surface area contributed by atoms with Gasteiger partial charge in [0.15, 0.2) is 0 Å². The van der Waals surface area contributed by atoms with Crippen molar-refractivity contribution >= 4 is 23.4 Å². The molecule has 0 radical (unpaired) electrons. The standard InChI is InChI=1S/C11H9ClN2O2S/c1-17-8-4-2-7(3-5-8)14-10(15)6-9(12)13-11(14)16/h2-6H,1H3,(H,13,16). The van der Waals surface area contributed by atoms with E-state index in [2.05, 4.69) is 4.98 Å². The lowest BCUT2D eigenvalue weighted by Crippen LogP contribution is -2.32. The molecule has 0 saturated carbocycles. The van der Waals surface area contributed by atoms with E-state index in [0.717, 1.165) is 9.46 Å². The topological polar surface area (TPSA) is 54.9 Å². The number of benzene rings is 1. The summed E-state index contributed by atoms with van der Waals surface area (Å²) in [5, 5.41) is 0.0389. The third-order valence-electron chi connectivity index (χ3n) is 2.23. The Kier molecular flexibility index (Phi) is 3.40. The van der Waals surface area contributed by atoms with E-state index >= 15 is 0 Å². The average molecular weight is 269 g/mol. The van der Waals surface area contributed by atoms with Crippen molar-refractivity contribution in [3.63, 3.8) is 0 Å². The average Bonchev–Trinajstić information content (AvgIpc) is 2.28. The molecule has 4 nitrogen and oxygen atoms in total. The minimum absolute atomic E-state index is 0.0389. The van der Waals surface area contributed by atoms with Crippen molar-refractivity contribution in [2.75, 3.05) is 6.26 Å². The highest BCUT2D eigenvalue weighted by Gasteiger charge is 2.05. The summed E-state index contributed by atoms with van der Waals surface area (Å²) in [6.07, 6.45) is 1.95. The summed E-state index contributed by atoms with van der Waals surface area (Å²) in [5.41, 5.74) is -0.472. The predicted octanol–water partition coefficient (Wildman–Crippen LogP) is 1.90. The molecule has 0 aliphatic carbocycles. The first-order valence-electron chi connectivity index (χ1n) is 4.78. The van der Waals surface area contributed by atoms with Crippen LogP contribution in [0.5, 0.6) is 0 Å². The van der Waals surface area contributed by atoms with E-state index in [1.807, 2.05) is 18.4 Å². The van der Waals surface area contributed by atoms with Gasteiger partial charge in [0.25, 0.3) is 5.56 Å². The van der Waals surface area contributed by atoms with E-state index in [0.29, 0.717) is 5.69 Å². The van der Waals surface area contributed by atoms with Crippen molar-refractivity contribution in [1.29, 1.82) is 0 Å². The summed E-state index contributed by atoms with van der Waals surface area (Å²) in [7, 11) is 0. The summed E-state index contributed by atoms with van der Waals surface area (Å²) < 4.78 is 1.04. The van der Waals surface area contributed by atoms with Crippen LogP contribution in [0.4, 0.5) is 0 Å². The molecule has 0 unspecified atom stereocenters. The molecule has 0 saturated heterocycles. The van der Waals surface area contributed by atoms with Gasteiger partial charge in [-0.3, -0.25) is 9.78 Å². The first-order chi connectivity index (χ1) is 8.11. The molecule has 0 fully saturated rings. The number of hydrogen-bond donors (Lipinski definition) is 1. The first kappa shape index (κ1) is 12.0. The molecule has 0 spiro atoms. The molecule has 1 N–H and O–H groups in total. The van der Waals surface area contributed by atoms with Gasteiger partial charge in [-0.05, 0) is 30.5 Å². The van der Waals surface area contributed by atoms with Crippen molar-refractivity contribution in [1.82, 2.24) is 9.55 Å². The number of H-pyrrole nitrogens is 1. The van der Waals surface area contributed by atoms with Gasteiger partial charge >= 0.3 is 5.69 Å². The van der Waals surface area contributed by atoms with Gasteiger partial charge in [-0.15, -0.1) is 11.8 Å². The summed E-state index contributed by atoms with van der Waals surface area (Å²) in [6, 6.07) is 8.30. The molecule has 0 bridgehead atoms. The Balaban J connectivity index is 2.60. The Morgan fingerprint density at radius 3 is 2.41 bits per heavy atom. The quantitative estimate of drug-likeness (QED) is 0.669. The second kappa shape index (κ2) is 4.81. The molecule has 88 valence electrons. The van der Waals surface area contributed by atoms with E-state index in [9.17, 15) is 9.59 Å². The highest BCUT2D eigenvalue weighted by molar-refractivity contribution is 7.98. The third-order valence-corrected chi connectivity index (χ3v) is 3.18. The van der Waals surface area contributed by atoms with Crippen LogP contribution in [0.2, 0.25) is 5.15 Å². The number of halogens is 1. The number of rotatable bonds is 2. The van der Waals surface area contributed by atoms with Crippen LogP contribution in [0.3, 0.4) is 0 Å². The zero-order chi connectivity index (χ0) is 12.4. The molecule has 1 aromatic heterocycles. The fourth-order valence-electron chi connectivity index (χ4n) is 1.44. The molecule has 1 aromatic carbocycles. The molecule has 0 aliphatic rings. The SMILES string of the molecule is CSc1ccc(-n2c(=O)cc(Cl)[nH]c2=O)cc1. The van der Waals surface area contributed by atoms with Crippen molar-refractivity contribution in [3.8, 4) is 5.69 Å². The second-order valence-corrected chi connectivity index (χ2v) is 4.58. The zero-order valence-electron chi connectivity index (χ0n) is 8.94. The molecule has 2 aromatic rings. The predicted molar refractivity (Wildman–Crippen MR) is 69.5 cm³/mol. The van der Waals surface area contributed by atoms with Crippen molar-refractivity contribution < 1.29 is 0 Å². The number of nitrogens with zero attached hydrogens (tertiary/aromatic N) is 1. The van der Waals surface area contributed by atoms with Crippen molar-refractivity contribution in [2.24, 2.45) is 0 Å². The first-order valence-corrected chi connectivity index (χ1v) is 6.38. The summed E-state index contributed by atoms with van der Waals surface area (Å²) in [6.45, 7) is 0. The van der Waals surface area contributed by atoms with E-state index in [1.165, 1.54) is 6.07 Å². The molecule has 0 amide bonds. The van der Waals surface area contributed by atoms with Gasteiger partial charge in [-0.2, -0.15) is 0 Å². The van der Waals surface area contributed by atoms with E-state index in [1.54, 1.807) is 23.9 Å². The number of aromatic amines is 1. The van der Waals surface area contributed by atoms with Crippen LogP contribution in [-0.2, 0) is 0 Å². The van der Waals surface area contributed by atoms with Gasteiger partial charge in [0.2, 0.25) is 0 Å². The maximum Gasteiger partial charge on any atom is 0.334 e. The van der Waals surface area contributed by atoms with Crippen LogP contribution >= 0.6 is 23.4 Å². The minimum atomic E-state index is -0.542. The Labute approximate surface area is 106 Å². The molecule has 0 atom stereocenters. The van der Waals surface area contributed by atoms with Gasteiger partial charge in [0, 0.05) is 11.0 Å². The Hall–Kier alpha value is -1.46. The van der Waals surface area contributed by atoms with Crippen LogP contribution in [0, 0.1) is 0 Å². The highest BCUT2D eigenvalue weighted by atomic mass is 35.5. The molecule has 6 heteroatoms. The van der Waals surface area contributed by atoms with E-state index < -0.39 is 11.2 Å². The zero-order valence-corrected chi connectivity index (χ0v) is 10.5. The minimum Gasteiger partial charge on any atom is -0.297 e. The fourth-order valence-corrected chi connectivity index (χ4v) is 2.03. The second-order valence-electron chi connectivity index (χ2n) is 3.29. The van der Waals surface area contributed by atoms with Crippen LogP contribution in [0.25, 0.3) is 5.69 Å². The van der Waals surface area contributed by atoms with Gasteiger partial charge in [-0.1, -0.05) is 11.6 Å². The van der Waals surface area contributed by atoms with Crippen LogP contribution in [0.15, 0.2) is 44.8 Å². The molecule has 2 rings (SSSR count). The molecular weight excluding hydrogens is 260 g/mol. The summed E-state index contributed by atoms with van der Waals surface area (Å²) in [4.78, 5) is 26.7. The van der Waals surface area contributed by atoms with Gasteiger partial charge < -0.3 is 0 Å². The normalized spacial score (nSPS) is 10.5. The van der Waals surface area contributed by atoms with Gasteiger partial charge in [0.1, 0.15) is 5.15 Å². The monoisotopic (exact) mass is 268 g/mol. The molecule has 17 heavy (non-hydrogen) atoms. The smallest absolute Gasteiger partial charge is 0.297 e. The largest absolute Gasteiger partial charge is 0.334 e. The van der Waals surface area contributed by atoms with Gasteiger partial charge in [0.05, 0.1) is 5.69 Å². The lowest BCUT2D eigenvalue weighted by molar-refractivity contribution is 0.875. The van der Waals surface area contributed by atoms with Crippen molar-refractivity contribution in [3.05, 3.63) is 56.3 Å². The number of thioether (sulfide) groups is 1. The van der Waals surface area contributed by atoms with Crippen molar-refractivity contribution in [2.45, 2.75) is 4.90 Å². The van der Waals surface area contributed by atoms with Crippen LogP contribution in [0.1, 0.15) is 0 Å². The molecular formula is C11H9ClN2O2S. The van der Waals surface area contributed by atoms with E-state index in [4.69, 9.17) is 11.6 Å². The maximum atomic E-state index is 11.7. The van der Waals surface area contributed by atoms with Gasteiger partial charge in [-0.25, -0.2) is 9.36 Å². The summed E-state index contributed by atoms with van der Waals surface area (Å²) >= 11 is 7.17.